The summed E-state index contributed by atoms with van der Waals surface area (Å²) in [6.45, 7) is -0.526. The van der Waals surface area contributed by atoms with E-state index in [-0.39, 0.29) is 5.56 Å². The normalized spacial score (nSPS) is 10.2. The van der Waals surface area contributed by atoms with Crippen molar-refractivity contribution in [1.82, 2.24) is 0 Å². The first-order valence-electron chi connectivity index (χ1n) is 6.55. The number of benzene rings is 2. The van der Waals surface area contributed by atoms with Crippen molar-refractivity contribution in [3.63, 3.8) is 0 Å². The quantitative estimate of drug-likeness (QED) is 0.670. The van der Waals surface area contributed by atoms with Gasteiger partial charge in [-0.3, -0.25) is 4.79 Å². The van der Waals surface area contributed by atoms with E-state index < -0.39 is 30.1 Å². The van der Waals surface area contributed by atoms with Gasteiger partial charge in [0, 0.05) is 10.6 Å². The van der Waals surface area contributed by atoms with Crippen molar-refractivity contribution in [2.75, 3.05) is 18.2 Å². The molecule has 0 aromatic heterocycles. The molecule has 0 aliphatic heterocycles. The van der Waals surface area contributed by atoms with E-state index in [0.29, 0.717) is 5.69 Å². The number of hydrogen-bond acceptors (Lipinski definition) is 4. The van der Waals surface area contributed by atoms with Gasteiger partial charge in [0.15, 0.2) is 18.2 Å². The van der Waals surface area contributed by atoms with Gasteiger partial charge in [0.25, 0.3) is 5.91 Å². The van der Waals surface area contributed by atoms with E-state index in [4.69, 9.17) is 4.74 Å². The van der Waals surface area contributed by atoms with Crippen LogP contribution >= 0.6 is 11.8 Å². The van der Waals surface area contributed by atoms with Gasteiger partial charge in [-0.15, -0.1) is 11.8 Å². The lowest BCUT2D eigenvalue weighted by Crippen LogP contribution is -2.21. The lowest BCUT2D eigenvalue weighted by atomic mass is 10.2. The van der Waals surface area contributed by atoms with E-state index in [9.17, 15) is 18.4 Å². The third-order valence-electron chi connectivity index (χ3n) is 2.86. The van der Waals surface area contributed by atoms with E-state index in [1.807, 2.05) is 18.4 Å². The Morgan fingerprint density at radius 2 is 1.78 bits per heavy atom. The van der Waals surface area contributed by atoms with Gasteiger partial charge in [-0.05, 0) is 48.7 Å². The number of nitrogens with one attached hydrogen (secondary N) is 1. The standard InChI is InChI=1S/C16H13F2NO3S/c1-23-12-5-3-11(4-6-12)19-15(20)9-22-16(21)10-2-7-13(17)14(18)8-10/h2-8H,9H2,1H3,(H,19,20). The molecule has 2 aromatic rings. The molecule has 23 heavy (non-hydrogen) atoms. The predicted molar refractivity (Wildman–Crippen MR) is 83.5 cm³/mol. The first-order chi connectivity index (χ1) is 11.0. The highest BCUT2D eigenvalue weighted by Crippen LogP contribution is 2.17. The minimum Gasteiger partial charge on any atom is -0.452 e. The van der Waals surface area contributed by atoms with Gasteiger partial charge in [-0.25, -0.2) is 13.6 Å². The van der Waals surface area contributed by atoms with Gasteiger partial charge < -0.3 is 10.1 Å². The number of carbonyl (C=O) groups is 2. The molecule has 4 nitrogen and oxygen atoms in total. The maximum absolute atomic E-state index is 13.0. The average Bonchev–Trinajstić information content (AvgIpc) is 2.56. The number of amides is 1. The topological polar surface area (TPSA) is 55.4 Å². The molecule has 0 bridgehead atoms. The van der Waals surface area contributed by atoms with Crippen LogP contribution in [0.25, 0.3) is 0 Å². The lowest BCUT2D eigenvalue weighted by Gasteiger charge is -2.07. The van der Waals surface area contributed by atoms with Crippen molar-refractivity contribution < 1.29 is 23.1 Å². The number of esters is 1. The Balaban J connectivity index is 1.87. The second kappa shape index (κ2) is 7.73. The van der Waals surface area contributed by atoms with Gasteiger partial charge in [0.1, 0.15) is 0 Å². The van der Waals surface area contributed by atoms with E-state index >= 15 is 0 Å². The number of anilines is 1. The molecule has 0 saturated carbocycles. The van der Waals surface area contributed by atoms with E-state index in [0.717, 1.165) is 23.1 Å². The maximum atomic E-state index is 13.0. The highest BCUT2D eigenvalue weighted by Gasteiger charge is 2.13. The van der Waals surface area contributed by atoms with Gasteiger partial charge in [-0.1, -0.05) is 0 Å². The number of ether oxygens (including phenoxy) is 1. The molecule has 2 rings (SSSR count). The lowest BCUT2D eigenvalue weighted by molar-refractivity contribution is -0.119. The van der Waals surface area contributed by atoms with Gasteiger partial charge in [0.2, 0.25) is 0 Å². The summed E-state index contributed by atoms with van der Waals surface area (Å²) in [5, 5.41) is 2.56. The third-order valence-corrected chi connectivity index (χ3v) is 3.61. The van der Waals surface area contributed by atoms with Crippen LogP contribution in [0.2, 0.25) is 0 Å². The Hall–Kier alpha value is -2.41. The zero-order valence-corrected chi connectivity index (χ0v) is 13.0. The Kier molecular flexibility index (Phi) is 5.70. The molecule has 2 aromatic carbocycles. The summed E-state index contributed by atoms with van der Waals surface area (Å²) < 4.78 is 30.6. The molecule has 7 heteroatoms. The van der Waals surface area contributed by atoms with Crippen LogP contribution < -0.4 is 5.32 Å². The predicted octanol–water partition coefficient (Wildman–Crippen LogP) is 3.48. The summed E-state index contributed by atoms with van der Waals surface area (Å²) in [4.78, 5) is 24.4. The van der Waals surface area contributed by atoms with Crippen molar-refractivity contribution in [3.8, 4) is 0 Å². The molecule has 0 saturated heterocycles. The first kappa shape index (κ1) is 17.0. The zero-order chi connectivity index (χ0) is 16.8. The maximum Gasteiger partial charge on any atom is 0.338 e. The summed E-state index contributed by atoms with van der Waals surface area (Å²) in [7, 11) is 0. The molecule has 0 spiro atoms. The molecule has 1 amide bonds. The zero-order valence-electron chi connectivity index (χ0n) is 12.1. The molecule has 0 radical (unpaired) electrons. The van der Waals surface area contributed by atoms with Gasteiger partial charge in [-0.2, -0.15) is 0 Å². The SMILES string of the molecule is CSc1ccc(NC(=O)COC(=O)c2ccc(F)c(F)c2)cc1. The van der Waals surface area contributed by atoms with Crippen LogP contribution in [0, 0.1) is 11.6 Å². The van der Waals surface area contributed by atoms with Crippen LogP contribution in [0.5, 0.6) is 0 Å². The minimum atomic E-state index is -1.15. The van der Waals surface area contributed by atoms with Crippen LogP contribution in [0.1, 0.15) is 10.4 Å². The molecule has 120 valence electrons. The monoisotopic (exact) mass is 337 g/mol. The van der Waals surface area contributed by atoms with Crippen LogP contribution in [-0.4, -0.2) is 24.7 Å². The number of hydrogen-bond donors (Lipinski definition) is 1. The fourth-order valence-corrected chi connectivity index (χ4v) is 2.12. The Morgan fingerprint density at radius 1 is 1.09 bits per heavy atom. The van der Waals surface area contributed by atoms with E-state index in [1.54, 1.807) is 23.9 Å². The van der Waals surface area contributed by atoms with Crippen molar-refractivity contribution in [2.45, 2.75) is 4.90 Å². The van der Waals surface area contributed by atoms with Gasteiger partial charge >= 0.3 is 5.97 Å². The summed E-state index contributed by atoms with van der Waals surface area (Å²) in [5.41, 5.74) is 0.401. The van der Waals surface area contributed by atoms with Gasteiger partial charge in [0.05, 0.1) is 5.56 Å². The first-order valence-corrected chi connectivity index (χ1v) is 7.78. The average molecular weight is 337 g/mol. The molecular formula is C16H13F2NO3S. The van der Waals surface area contributed by atoms with E-state index in [2.05, 4.69) is 5.32 Å². The fraction of sp³-hybridized carbons (Fsp3) is 0.125. The number of thioether (sulfide) groups is 1. The van der Waals surface area contributed by atoms with Crippen LogP contribution in [0.15, 0.2) is 47.4 Å². The molecule has 0 heterocycles. The van der Waals surface area contributed by atoms with Crippen molar-refractivity contribution >= 4 is 29.3 Å². The van der Waals surface area contributed by atoms with Crippen LogP contribution in [0.3, 0.4) is 0 Å². The smallest absolute Gasteiger partial charge is 0.338 e. The molecular weight excluding hydrogens is 324 g/mol. The van der Waals surface area contributed by atoms with Crippen molar-refractivity contribution in [3.05, 3.63) is 59.7 Å². The third kappa shape index (κ3) is 4.79. The highest BCUT2D eigenvalue weighted by atomic mass is 32.2. The summed E-state index contributed by atoms with van der Waals surface area (Å²) in [6, 6.07) is 9.75. The summed E-state index contributed by atoms with van der Waals surface area (Å²) in [5.74, 6) is -3.65. The molecule has 0 aliphatic rings. The Morgan fingerprint density at radius 3 is 2.39 bits per heavy atom. The number of halogens is 2. The van der Waals surface area contributed by atoms with Crippen molar-refractivity contribution in [2.24, 2.45) is 0 Å². The molecule has 0 aliphatic carbocycles. The largest absolute Gasteiger partial charge is 0.452 e. The highest BCUT2D eigenvalue weighted by molar-refractivity contribution is 7.98. The summed E-state index contributed by atoms with van der Waals surface area (Å²) >= 11 is 1.57. The second-order valence-corrected chi connectivity index (χ2v) is 5.36. The molecule has 0 atom stereocenters. The summed E-state index contributed by atoms with van der Waals surface area (Å²) in [6.07, 6.45) is 1.94. The van der Waals surface area contributed by atoms with E-state index in [1.165, 1.54) is 0 Å². The fourth-order valence-electron chi connectivity index (χ4n) is 1.71. The Bertz CT molecular complexity index is 720. The molecule has 0 fully saturated rings. The number of carbonyl (C=O) groups excluding carboxylic acids is 2. The van der Waals surface area contributed by atoms with Crippen LogP contribution in [-0.2, 0) is 9.53 Å². The second-order valence-electron chi connectivity index (χ2n) is 4.48. The van der Waals surface area contributed by atoms with Crippen molar-refractivity contribution in [1.29, 1.82) is 0 Å². The molecule has 0 unspecified atom stereocenters. The molecule has 1 N–H and O–H groups in total. The van der Waals surface area contributed by atoms with Crippen LogP contribution in [0.4, 0.5) is 14.5 Å². The Labute approximate surface area is 135 Å². The number of rotatable bonds is 5. The minimum absolute atomic E-state index is 0.166.